The average molecular weight is 648 g/mol. The summed E-state index contributed by atoms with van der Waals surface area (Å²) in [7, 11) is 0. The molecule has 0 saturated carbocycles. The van der Waals surface area contributed by atoms with Gasteiger partial charge in [0, 0.05) is 46.1 Å². The smallest absolute Gasteiger partial charge is 0.277 e. The van der Waals surface area contributed by atoms with Crippen LogP contribution in [0.5, 0.6) is 0 Å². The van der Waals surface area contributed by atoms with Crippen LogP contribution in [0.15, 0.2) is 120 Å². The van der Waals surface area contributed by atoms with E-state index in [9.17, 15) is 0 Å². The van der Waals surface area contributed by atoms with Gasteiger partial charge >= 0.3 is 0 Å². The summed E-state index contributed by atoms with van der Waals surface area (Å²) < 4.78 is 9.79. The molecule has 2 aromatic heterocycles. The number of para-hydroxylation sites is 2. The number of hydrogen-bond donors (Lipinski definition) is 0. The minimum absolute atomic E-state index is 0.0543. The molecule has 11 rings (SSSR count). The molecule has 0 bridgehead atoms. The fourth-order valence-corrected chi connectivity index (χ4v) is 9.71. The van der Waals surface area contributed by atoms with Gasteiger partial charge in [-0.15, -0.1) is 0 Å². The molecule has 7 aromatic rings. The third-order valence-corrected chi connectivity index (χ3v) is 11.7. The van der Waals surface area contributed by atoms with E-state index in [4.69, 9.17) is 4.42 Å². The van der Waals surface area contributed by atoms with Crippen LogP contribution in [0.2, 0.25) is 0 Å². The predicted molar refractivity (Wildman–Crippen MR) is 208 cm³/mol. The Hall–Kier alpha value is -5.42. The Kier molecular flexibility index (Phi) is 6.13. The fraction of sp³-hybridized carbons (Fsp3) is 0.200. The Morgan fingerprint density at radius 1 is 0.560 bits per heavy atom. The third-order valence-electron chi connectivity index (χ3n) is 11.7. The molecule has 0 radical (unpaired) electrons. The lowest BCUT2D eigenvalue weighted by molar-refractivity contribution is 0.484. The highest BCUT2D eigenvalue weighted by Crippen LogP contribution is 2.49. The van der Waals surface area contributed by atoms with Crippen LogP contribution >= 0.6 is 0 Å². The first-order valence-electron chi connectivity index (χ1n) is 18.5. The SMILES string of the molecule is Cc1cc2c3c(c1)N(c1ccc4ccccc4c1)c1c4c(n(-c5ccccc5)c1B3c1c(oc3c1CCCC3)N2c1ccccc1)CCCC4. The Morgan fingerprint density at radius 2 is 1.22 bits per heavy atom. The molecule has 2 aliphatic carbocycles. The lowest BCUT2D eigenvalue weighted by Gasteiger charge is -2.42. The number of nitrogens with zero attached hydrogens (tertiary/aromatic N) is 3. The van der Waals surface area contributed by atoms with Crippen LogP contribution in [0, 0.1) is 6.92 Å². The minimum atomic E-state index is 0.0543. The zero-order chi connectivity index (χ0) is 32.9. The van der Waals surface area contributed by atoms with Gasteiger partial charge in [-0.05, 0) is 139 Å². The number of anilines is 6. The van der Waals surface area contributed by atoms with Crippen molar-refractivity contribution in [1.29, 1.82) is 0 Å². The maximum Gasteiger partial charge on any atom is 0.277 e. The molecule has 0 atom stereocenters. The molecule has 5 heteroatoms. The zero-order valence-electron chi connectivity index (χ0n) is 28.5. The molecular weight excluding hydrogens is 609 g/mol. The minimum Gasteiger partial charge on any atom is -0.445 e. The predicted octanol–water partition coefficient (Wildman–Crippen LogP) is 9.37. The summed E-state index contributed by atoms with van der Waals surface area (Å²) in [4.78, 5) is 5.09. The van der Waals surface area contributed by atoms with Gasteiger partial charge in [-0.25, -0.2) is 0 Å². The molecular formula is C45H38BN3O. The van der Waals surface area contributed by atoms with Crippen LogP contribution in [0.25, 0.3) is 16.5 Å². The lowest BCUT2D eigenvalue weighted by Crippen LogP contribution is -2.63. The zero-order valence-corrected chi connectivity index (χ0v) is 28.5. The second kappa shape index (κ2) is 10.8. The molecule has 4 aliphatic rings. The third kappa shape index (κ3) is 3.95. The molecule has 0 fully saturated rings. The molecule has 0 amide bonds. The van der Waals surface area contributed by atoms with E-state index in [1.807, 2.05) is 0 Å². The van der Waals surface area contributed by atoms with Gasteiger partial charge in [0.2, 0.25) is 0 Å². The van der Waals surface area contributed by atoms with E-state index in [0.717, 1.165) is 37.3 Å². The first-order valence-corrected chi connectivity index (χ1v) is 18.5. The molecule has 50 heavy (non-hydrogen) atoms. The fourth-order valence-electron chi connectivity index (χ4n) is 9.71. The van der Waals surface area contributed by atoms with Crippen LogP contribution < -0.4 is 26.3 Å². The summed E-state index contributed by atoms with van der Waals surface area (Å²) in [5.74, 6) is 2.20. The Bertz CT molecular complexity index is 2480. The number of furan rings is 1. The maximum absolute atomic E-state index is 7.11. The van der Waals surface area contributed by atoms with Crippen molar-refractivity contribution in [3.05, 3.63) is 143 Å². The van der Waals surface area contributed by atoms with Gasteiger partial charge in [0.25, 0.3) is 6.71 Å². The van der Waals surface area contributed by atoms with Gasteiger partial charge in [0.15, 0.2) is 5.88 Å². The highest BCUT2D eigenvalue weighted by molar-refractivity contribution is 7.00. The molecule has 2 aliphatic heterocycles. The summed E-state index contributed by atoms with van der Waals surface area (Å²) in [6.45, 7) is 2.31. The van der Waals surface area contributed by atoms with Crippen LogP contribution in [-0.2, 0) is 25.7 Å². The molecule has 0 spiro atoms. The molecule has 242 valence electrons. The number of rotatable bonds is 3. The van der Waals surface area contributed by atoms with E-state index >= 15 is 0 Å². The first-order chi connectivity index (χ1) is 24.7. The van der Waals surface area contributed by atoms with Crippen molar-refractivity contribution < 1.29 is 4.42 Å². The van der Waals surface area contributed by atoms with Crippen molar-refractivity contribution in [2.45, 2.75) is 58.3 Å². The summed E-state index contributed by atoms with van der Waals surface area (Å²) in [5.41, 5.74) is 17.4. The Labute approximate surface area is 293 Å². The molecule has 0 unspecified atom stereocenters. The lowest BCUT2D eigenvalue weighted by atomic mass is 9.34. The van der Waals surface area contributed by atoms with E-state index < -0.39 is 0 Å². The average Bonchev–Trinajstić information content (AvgIpc) is 3.72. The summed E-state index contributed by atoms with van der Waals surface area (Å²) in [5, 5.41) is 2.54. The van der Waals surface area contributed by atoms with E-state index in [-0.39, 0.29) is 6.71 Å². The van der Waals surface area contributed by atoms with E-state index in [2.05, 4.69) is 137 Å². The van der Waals surface area contributed by atoms with Crippen LogP contribution in [0.3, 0.4) is 0 Å². The van der Waals surface area contributed by atoms with Gasteiger partial charge in [0.1, 0.15) is 5.76 Å². The van der Waals surface area contributed by atoms with Crippen molar-refractivity contribution in [3.63, 3.8) is 0 Å². The number of benzene rings is 5. The summed E-state index contributed by atoms with van der Waals surface area (Å²) in [6.07, 6.45) is 9.08. The van der Waals surface area contributed by atoms with Gasteiger partial charge < -0.3 is 13.9 Å². The second-order valence-electron chi connectivity index (χ2n) is 14.7. The normalized spacial score (nSPS) is 15.7. The molecule has 5 aromatic carbocycles. The van der Waals surface area contributed by atoms with Crippen molar-refractivity contribution in [2.24, 2.45) is 0 Å². The van der Waals surface area contributed by atoms with Gasteiger partial charge in [-0.2, -0.15) is 0 Å². The maximum atomic E-state index is 7.11. The highest BCUT2D eigenvalue weighted by atomic mass is 16.4. The van der Waals surface area contributed by atoms with E-state index in [1.54, 1.807) is 0 Å². The van der Waals surface area contributed by atoms with Gasteiger partial charge in [-0.3, -0.25) is 4.90 Å². The standard InChI is InChI=1S/C45H38BN3O/c1-29-26-38-42-39(27-29)49(33-18-6-3-7-19-33)45-41(36-21-11-13-23-40(36)50-45)46(42)44-43(47(38)34-25-24-30-14-8-9-15-31(30)28-34)35-20-10-12-22-37(35)48(44)32-16-4-2-5-17-32/h2-9,14-19,24-28H,10-13,20-23H2,1H3. The van der Waals surface area contributed by atoms with E-state index in [0.29, 0.717) is 0 Å². The quantitative estimate of drug-likeness (QED) is 0.179. The summed E-state index contributed by atoms with van der Waals surface area (Å²) in [6, 6.07) is 42.8. The van der Waals surface area contributed by atoms with Crippen LogP contribution in [0.4, 0.5) is 34.3 Å². The molecule has 4 nitrogen and oxygen atoms in total. The van der Waals surface area contributed by atoms with Crippen molar-refractivity contribution >= 4 is 68.3 Å². The second-order valence-corrected chi connectivity index (χ2v) is 14.7. The first kappa shape index (κ1) is 28.4. The van der Waals surface area contributed by atoms with E-state index in [1.165, 1.54) is 110 Å². The highest BCUT2D eigenvalue weighted by Gasteiger charge is 2.50. The number of fused-ring (bicyclic) bond motifs is 9. The van der Waals surface area contributed by atoms with Crippen molar-refractivity contribution in [2.75, 3.05) is 9.80 Å². The Balaban J connectivity index is 1.31. The van der Waals surface area contributed by atoms with Crippen molar-refractivity contribution in [3.8, 4) is 5.69 Å². The van der Waals surface area contributed by atoms with Crippen LogP contribution in [0.1, 0.15) is 53.8 Å². The van der Waals surface area contributed by atoms with Gasteiger partial charge in [0.05, 0.1) is 5.69 Å². The molecule has 4 heterocycles. The number of aryl methyl sites for hydroxylation is 2. The number of aromatic nitrogens is 1. The number of hydrogen-bond acceptors (Lipinski definition) is 3. The Morgan fingerprint density at radius 3 is 2.02 bits per heavy atom. The van der Waals surface area contributed by atoms with Crippen LogP contribution in [-0.4, -0.2) is 11.3 Å². The van der Waals surface area contributed by atoms with Crippen molar-refractivity contribution in [1.82, 2.24) is 4.57 Å². The van der Waals surface area contributed by atoms with Gasteiger partial charge in [-0.1, -0.05) is 66.7 Å². The monoisotopic (exact) mass is 647 g/mol. The summed E-state index contributed by atoms with van der Waals surface area (Å²) >= 11 is 0. The molecule has 0 N–H and O–H groups in total. The largest absolute Gasteiger partial charge is 0.445 e. The molecule has 0 saturated heterocycles. The topological polar surface area (TPSA) is 24.6 Å².